The van der Waals surface area contributed by atoms with Gasteiger partial charge in [0.05, 0.1) is 128 Å². The van der Waals surface area contributed by atoms with E-state index in [1.807, 2.05) is 13.8 Å². The topological polar surface area (TPSA) is 426 Å². The minimum Gasteiger partial charge on any atom is -1.00 e. The number of nitriles is 1. The summed E-state index contributed by atoms with van der Waals surface area (Å²) in [6.45, 7) is 37.1. The first-order chi connectivity index (χ1) is 48.0. The largest absolute Gasteiger partial charge is 2.00 e. The maximum absolute atomic E-state index is 13.6. The summed E-state index contributed by atoms with van der Waals surface area (Å²) in [5.41, 5.74) is 0. The Kier molecular flexibility index (Phi) is 75.4. The molecular weight excluding hydrogens is 2290 g/mol. The number of rotatable bonds is 33. The van der Waals surface area contributed by atoms with Gasteiger partial charge in [-0.1, -0.05) is 62.8 Å². The normalized spacial score (nSPS) is 24.9. The number of amides is 3. The van der Waals surface area contributed by atoms with Crippen molar-refractivity contribution >= 4 is 363 Å². The number of hydroxylamine groups is 6. The van der Waals surface area contributed by atoms with E-state index in [2.05, 4.69) is 77.4 Å². The average molecular weight is 2420 g/mol. The first-order valence-electron chi connectivity index (χ1n) is 33.9. The van der Waals surface area contributed by atoms with E-state index in [0.717, 1.165) is 22.1 Å². The van der Waals surface area contributed by atoms with Gasteiger partial charge in [0.1, 0.15) is 0 Å². The molecule has 0 bridgehead atoms. The Morgan fingerprint density at radius 3 is 1.15 bits per heavy atom. The third kappa shape index (κ3) is 49.6. The summed E-state index contributed by atoms with van der Waals surface area (Å²) in [6.07, 6.45) is -2.24. The molecule has 7 unspecified atom stereocenters. The van der Waals surface area contributed by atoms with Gasteiger partial charge in [-0.05, 0) is 49.1 Å². The van der Waals surface area contributed by atoms with Crippen LogP contribution in [-0.2, 0) is 126 Å². The molecule has 3 amide bonds. The van der Waals surface area contributed by atoms with Crippen LogP contribution in [0, 0.1) is 51.0 Å². The molecule has 46 heteroatoms. The number of hydrogen-bond donors (Lipinski definition) is 4. The quantitative estimate of drug-likeness (QED) is 0.0211. The molecule has 6 rings (SSSR count). The maximum atomic E-state index is 13.6. The molecule has 4 N–H and O–H groups in total. The van der Waals surface area contributed by atoms with Crippen LogP contribution in [-0.4, -0.2) is 523 Å². The number of ether oxygens (including phenoxy) is 6. The standard InChI is InChI=1S/C23H42NO10PSi.C17H33O7PSi.C16H26NO11P.C5H11NO3.C2H3N.CH4.6Ba.6H/c1-9-18-19(10-13-28-18)33-35(27,30-15-12-22(26)24(6)32-17(2)25)31-16-21-20(11-14-29-21)34-36(7,8)23(3,4)5;1-7-13-14(8-10-20-13)23-25(18,19)22-12-16-15(9-11-21-16)24-26(5,6)17(2,3)4;1-11(19)27-17(2)16(21)5-8-25-29(22,26-10-15-12(20)3-6-24-15)28-13-4-7-23-14(13)9-18;1-6(9-2)5(8)3-4-7;1-2-3;;;;;;;;;;;;;/h13-14,18-21H,9-12,15-16H2,1-8H3;10-11,13-16H,7-9,12H2,1-6H3,(H,18,19);6-7,12-15,18,20H,3-5,8-10H2,1-2H3;7H,3-4H2,1-2H3;1H3;1H4;;;;;;;;;;;;/q3*-2;;;;6*+2;6*-1/t18-,19?,20?,21-,35+;13-,14?,15?,16-;12?,13?,14-,15-,29+;;;;;;;;;;;;;;;/m111.............../s1. The van der Waals surface area contributed by atoms with Crippen LogP contribution in [0.4, 0.5) is 0 Å². The number of hydrogen-bond acceptors (Lipinski definition) is 31. The molecule has 0 aromatic heterocycles. The first-order valence-corrected chi connectivity index (χ1v) is 44.1. The predicted molar refractivity (Wildman–Crippen MR) is 419 cm³/mol. The molecule has 6 heterocycles. The van der Waals surface area contributed by atoms with Crippen LogP contribution in [0.2, 0.25) is 36.3 Å². The van der Waals surface area contributed by atoms with E-state index in [4.69, 9.17) is 88.7 Å². The van der Waals surface area contributed by atoms with Crippen LogP contribution < -0.4 is 0 Å². The zero-order valence-corrected chi connectivity index (χ0v) is 98.6. The fraction of sp³-hybridized carbons (Fsp3) is 0.812. The fourth-order valence-electron chi connectivity index (χ4n) is 8.97. The Hall–Kier alpha value is 6.55. The van der Waals surface area contributed by atoms with Gasteiger partial charge in [-0.2, -0.15) is 15.4 Å². The van der Waals surface area contributed by atoms with E-state index in [1.165, 1.54) is 55.3 Å². The Bertz CT molecular complexity index is 2800. The third-order valence-electron chi connectivity index (χ3n) is 16.9. The van der Waals surface area contributed by atoms with Gasteiger partial charge in [0.15, 0.2) is 16.6 Å². The zero-order valence-electron chi connectivity index (χ0n) is 73.3. The number of carbonyl (C=O) groups excluding carboxylic acids is 5. The van der Waals surface area contributed by atoms with Crippen LogP contribution in [0.15, 0.2) is 0 Å². The maximum Gasteiger partial charge on any atom is 2.00 e. The predicted octanol–water partition coefficient (Wildman–Crippen LogP) is 7.77. The van der Waals surface area contributed by atoms with E-state index in [1.54, 1.807) is 32.5 Å². The molecule has 6 saturated heterocycles. The van der Waals surface area contributed by atoms with Crippen LogP contribution in [0.3, 0.4) is 0 Å². The summed E-state index contributed by atoms with van der Waals surface area (Å²) in [4.78, 5) is 80.5. The summed E-state index contributed by atoms with van der Waals surface area (Å²) in [5.74, 6) is -2.65. The number of phosphoric ester groups is 3. The molecule has 0 aliphatic carbocycles. The van der Waals surface area contributed by atoms with Crippen molar-refractivity contribution in [2.75, 3.05) is 74.5 Å². The van der Waals surface area contributed by atoms with E-state index >= 15 is 0 Å². The molecule has 0 saturated carbocycles. The molecule has 0 aromatic carbocycles. The van der Waals surface area contributed by atoms with Crippen molar-refractivity contribution in [1.82, 2.24) is 15.2 Å². The molecule has 35 nitrogen and oxygen atoms in total. The molecule has 15 atom stereocenters. The van der Waals surface area contributed by atoms with E-state index in [9.17, 15) is 52.8 Å². The van der Waals surface area contributed by atoms with E-state index in [-0.39, 0.29) is 422 Å². The fourth-order valence-corrected chi connectivity index (χ4v) is 15.4. The van der Waals surface area contributed by atoms with Crippen molar-refractivity contribution in [3.8, 4) is 6.07 Å². The Morgan fingerprint density at radius 2 is 0.827 bits per heavy atom. The van der Waals surface area contributed by atoms with Crippen LogP contribution >= 0.6 is 23.5 Å². The Morgan fingerprint density at radius 1 is 0.518 bits per heavy atom. The third-order valence-corrected chi connectivity index (χ3v) is 29.9. The van der Waals surface area contributed by atoms with Crippen molar-refractivity contribution in [3.63, 3.8) is 0 Å². The van der Waals surface area contributed by atoms with Crippen LogP contribution in [0.5, 0.6) is 0 Å². The zero-order chi connectivity index (χ0) is 78.2. The van der Waals surface area contributed by atoms with E-state index in [0.29, 0.717) is 44.9 Å². The number of aliphatic hydroxyl groups is 3. The number of aliphatic hydroxyl groups excluding tert-OH is 3. The monoisotopic (exact) mass is 2420 g/mol. The SMILES string of the molecule is C.CC#N.CC(=O)ON(C)C(=O)CCO[P@@](=O)(OC[C@H]1O[CH-]CC1O)OC1C[CH-]O[C@@H]1CO.CC[C@H]1O[CH-]CC1OP(=O)(O)OC[C@H]1O[CH-]CC1O[Si](C)(C)C(C)(C)C.CC[C@H]1O[CH-]CC1O[P@@](=O)(OCCC(=O)N(C)OC(C)=O)OC[C@H]1O[CH-]CC1O[Si](C)(C)C(C)(C)C.CON(C)C(=O)CCO.[Ba+2].[Ba+2].[Ba+2].[Ba+2].[Ba+2].[Ba+2].[H-].[H-].[H-].[H-].[H-].[H-]. The number of nitrogens with zero attached hydrogens (tertiary/aromatic N) is 4. The molecule has 6 aliphatic rings. The summed E-state index contributed by atoms with van der Waals surface area (Å²) >= 11 is 0. The average Bonchev–Trinajstić information content (AvgIpc) is 1.49. The summed E-state index contributed by atoms with van der Waals surface area (Å²) < 4.78 is 128. The van der Waals surface area contributed by atoms with E-state index < -0.39 is 113 Å². The van der Waals surface area contributed by atoms with Gasteiger partial charge in [-0.15, -0.1) is 38.5 Å². The van der Waals surface area contributed by atoms with Crippen molar-refractivity contribution < 1.29 is 154 Å². The minimum atomic E-state index is -4.21. The van der Waals surface area contributed by atoms with Gasteiger partial charge in [0.25, 0.3) is 11.8 Å². The molecule has 0 radical (unpaired) electrons. The Labute approximate surface area is 905 Å². The first kappa shape index (κ1) is 127. The minimum absolute atomic E-state index is 0. The number of phosphoric acid groups is 3. The van der Waals surface area contributed by atoms with Crippen molar-refractivity contribution in [2.24, 2.45) is 0 Å². The van der Waals surface area contributed by atoms with Gasteiger partial charge in [-0.3, -0.25) is 65.0 Å². The van der Waals surface area contributed by atoms with Gasteiger partial charge in [-0.25, -0.2) is 58.4 Å². The van der Waals surface area contributed by atoms with Crippen LogP contribution in [0.1, 0.15) is 163 Å². The van der Waals surface area contributed by atoms with Crippen molar-refractivity contribution in [2.45, 2.75) is 264 Å². The summed E-state index contributed by atoms with van der Waals surface area (Å²) in [7, 11) is -11.1. The van der Waals surface area contributed by atoms with Gasteiger partial charge < -0.3 is 75.7 Å². The molecule has 6 fully saturated rings. The second-order valence-electron chi connectivity index (χ2n) is 26.9. The molecular formula is C64H125Ba6N4O31P3Si2. The smallest absolute Gasteiger partial charge is 1.00 e. The van der Waals surface area contributed by atoms with Gasteiger partial charge in [0, 0.05) is 66.3 Å². The van der Waals surface area contributed by atoms with Crippen molar-refractivity contribution in [3.05, 3.63) is 39.6 Å². The second-order valence-corrected chi connectivity index (χ2v) is 41.1. The Balaban J connectivity index is -0.000000125. The molecule has 110 heavy (non-hydrogen) atoms. The number of carbonyl (C=O) groups is 5. The summed E-state index contributed by atoms with van der Waals surface area (Å²) in [6, 6.07) is 1.75. The van der Waals surface area contributed by atoms with Crippen molar-refractivity contribution in [1.29, 1.82) is 5.26 Å². The van der Waals surface area contributed by atoms with Gasteiger partial charge in [0.2, 0.25) is 5.91 Å². The van der Waals surface area contributed by atoms with Gasteiger partial charge >= 0.3 is 329 Å². The molecule has 6 aliphatic heterocycles. The molecule has 0 spiro atoms. The summed E-state index contributed by atoms with van der Waals surface area (Å²) in [5, 5.41) is 37.4. The molecule has 0 aromatic rings. The van der Waals surface area contributed by atoms with Crippen LogP contribution in [0.25, 0.3) is 0 Å². The second kappa shape index (κ2) is 65.2. The molecule has 622 valence electrons.